The number of rotatable bonds is 5. The van der Waals surface area contributed by atoms with Gasteiger partial charge in [-0.3, -0.25) is 0 Å². The van der Waals surface area contributed by atoms with Crippen LogP contribution < -0.4 is 5.73 Å². The second-order valence-electron chi connectivity index (χ2n) is 5.45. The molecule has 0 aromatic heterocycles. The summed E-state index contributed by atoms with van der Waals surface area (Å²) in [5.74, 6) is 0.301. The molecule has 3 nitrogen and oxygen atoms in total. The molecule has 2 N–H and O–H groups in total. The minimum Gasteiger partial charge on any atom is -0.389 e. The van der Waals surface area contributed by atoms with E-state index in [9.17, 15) is 4.39 Å². The fourth-order valence-electron chi connectivity index (χ4n) is 2.58. The van der Waals surface area contributed by atoms with Crippen LogP contribution in [0.15, 0.2) is 18.2 Å². The van der Waals surface area contributed by atoms with E-state index in [4.69, 9.17) is 22.7 Å². The fraction of sp³-hybridized carbons (Fsp3) is 0.533. The normalized spacial score (nSPS) is 19.2. The maximum absolute atomic E-state index is 14.0. The van der Waals surface area contributed by atoms with Gasteiger partial charge in [-0.25, -0.2) is 4.39 Å². The first-order valence-corrected chi connectivity index (χ1v) is 7.31. The van der Waals surface area contributed by atoms with Crippen molar-refractivity contribution in [3.05, 3.63) is 35.1 Å². The summed E-state index contributed by atoms with van der Waals surface area (Å²) < 4.78 is 19.5. The third-order valence-corrected chi connectivity index (χ3v) is 3.84. The molecular formula is C15H21FN2OS. The number of halogens is 1. The molecule has 1 saturated heterocycles. The summed E-state index contributed by atoms with van der Waals surface area (Å²) in [6.45, 7) is 3.19. The van der Waals surface area contributed by atoms with Gasteiger partial charge < -0.3 is 15.4 Å². The lowest BCUT2D eigenvalue weighted by molar-refractivity contribution is 0.0410. The van der Waals surface area contributed by atoms with E-state index in [0.717, 1.165) is 26.2 Å². The highest BCUT2D eigenvalue weighted by atomic mass is 32.1. The second-order valence-corrected chi connectivity index (χ2v) is 5.89. The van der Waals surface area contributed by atoms with E-state index in [2.05, 4.69) is 4.90 Å². The summed E-state index contributed by atoms with van der Waals surface area (Å²) in [6, 6.07) is 4.95. The van der Waals surface area contributed by atoms with Crippen molar-refractivity contribution in [3.63, 3.8) is 0 Å². The first-order valence-electron chi connectivity index (χ1n) is 6.91. The van der Waals surface area contributed by atoms with Crippen LogP contribution in [0.3, 0.4) is 0 Å². The monoisotopic (exact) mass is 296 g/mol. The summed E-state index contributed by atoms with van der Waals surface area (Å²) in [6.07, 6.45) is 2.31. The average molecular weight is 296 g/mol. The number of thiocarbonyl (C=S) groups is 1. The number of benzene rings is 1. The molecule has 1 aromatic carbocycles. The van der Waals surface area contributed by atoms with Crippen LogP contribution in [0.2, 0.25) is 0 Å². The summed E-state index contributed by atoms with van der Waals surface area (Å²) in [5.41, 5.74) is 6.74. The second kappa shape index (κ2) is 7.11. The highest BCUT2D eigenvalue weighted by Gasteiger charge is 2.16. The van der Waals surface area contributed by atoms with Gasteiger partial charge in [0, 0.05) is 30.8 Å². The first-order chi connectivity index (χ1) is 9.56. The Bertz CT molecular complexity index is 475. The van der Waals surface area contributed by atoms with Crippen LogP contribution >= 0.6 is 12.2 Å². The van der Waals surface area contributed by atoms with Crippen molar-refractivity contribution in [1.29, 1.82) is 0 Å². The van der Waals surface area contributed by atoms with Gasteiger partial charge in [0.2, 0.25) is 0 Å². The van der Waals surface area contributed by atoms with Crippen molar-refractivity contribution in [2.45, 2.75) is 19.4 Å². The maximum Gasteiger partial charge on any atom is 0.128 e. The molecular weight excluding hydrogens is 275 g/mol. The van der Waals surface area contributed by atoms with Crippen molar-refractivity contribution in [2.24, 2.45) is 11.7 Å². The van der Waals surface area contributed by atoms with E-state index in [1.165, 1.54) is 12.5 Å². The highest BCUT2D eigenvalue weighted by Crippen LogP contribution is 2.17. The van der Waals surface area contributed by atoms with Crippen LogP contribution in [0, 0.1) is 11.7 Å². The van der Waals surface area contributed by atoms with Crippen molar-refractivity contribution in [1.82, 2.24) is 4.90 Å². The Hall–Kier alpha value is -1.04. The molecule has 0 saturated carbocycles. The quantitative estimate of drug-likeness (QED) is 0.846. The Morgan fingerprint density at radius 2 is 2.35 bits per heavy atom. The molecule has 1 aliphatic rings. The Labute approximate surface area is 124 Å². The number of ether oxygens (including phenoxy) is 1. The Morgan fingerprint density at radius 3 is 2.95 bits per heavy atom. The van der Waals surface area contributed by atoms with Gasteiger partial charge in [-0.15, -0.1) is 0 Å². The Balaban J connectivity index is 1.93. The average Bonchev–Trinajstić information content (AvgIpc) is 2.42. The van der Waals surface area contributed by atoms with Crippen molar-refractivity contribution in [3.8, 4) is 0 Å². The molecule has 0 spiro atoms. The summed E-state index contributed by atoms with van der Waals surface area (Å²) >= 11 is 4.85. The van der Waals surface area contributed by atoms with E-state index in [-0.39, 0.29) is 10.8 Å². The van der Waals surface area contributed by atoms with Gasteiger partial charge in [0.05, 0.1) is 6.61 Å². The molecule has 1 unspecified atom stereocenters. The summed E-state index contributed by atoms with van der Waals surface area (Å²) in [5, 5.41) is 0. The lowest BCUT2D eigenvalue weighted by atomic mass is 10.0. The smallest absolute Gasteiger partial charge is 0.128 e. The molecule has 1 atom stereocenters. The predicted octanol–water partition coefficient (Wildman–Crippen LogP) is 2.32. The van der Waals surface area contributed by atoms with Crippen molar-refractivity contribution >= 4 is 17.2 Å². The van der Waals surface area contributed by atoms with Crippen molar-refractivity contribution in [2.75, 3.05) is 26.8 Å². The molecule has 0 bridgehead atoms. The molecule has 5 heteroatoms. The van der Waals surface area contributed by atoms with E-state index < -0.39 is 0 Å². The summed E-state index contributed by atoms with van der Waals surface area (Å²) in [4.78, 5) is 2.36. The van der Waals surface area contributed by atoms with E-state index in [1.54, 1.807) is 12.1 Å². The predicted molar refractivity (Wildman–Crippen MR) is 82.2 cm³/mol. The van der Waals surface area contributed by atoms with Crippen molar-refractivity contribution < 1.29 is 9.13 Å². The maximum atomic E-state index is 14.0. The van der Waals surface area contributed by atoms with Crippen LogP contribution in [-0.4, -0.2) is 36.7 Å². The molecule has 110 valence electrons. The minimum absolute atomic E-state index is 0.225. The third-order valence-electron chi connectivity index (χ3n) is 3.60. The van der Waals surface area contributed by atoms with Crippen LogP contribution in [0.25, 0.3) is 0 Å². The van der Waals surface area contributed by atoms with Gasteiger partial charge in [-0.2, -0.15) is 0 Å². The van der Waals surface area contributed by atoms with Gasteiger partial charge in [-0.05, 0) is 31.9 Å². The minimum atomic E-state index is -0.248. The number of nitrogens with two attached hydrogens (primary N) is 1. The first kappa shape index (κ1) is 15.4. The molecule has 2 rings (SSSR count). The number of nitrogens with zero attached hydrogens (tertiary/aromatic N) is 1. The molecule has 20 heavy (non-hydrogen) atoms. The number of hydrogen-bond acceptors (Lipinski definition) is 3. The molecule has 1 aliphatic heterocycles. The lowest BCUT2D eigenvalue weighted by Gasteiger charge is -2.27. The zero-order valence-electron chi connectivity index (χ0n) is 11.8. The van der Waals surface area contributed by atoms with E-state index >= 15 is 0 Å². The van der Waals surface area contributed by atoms with Crippen LogP contribution in [0.1, 0.15) is 24.0 Å². The van der Waals surface area contributed by atoms with Gasteiger partial charge >= 0.3 is 0 Å². The molecule has 0 radical (unpaired) electrons. The van der Waals surface area contributed by atoms with Gasteiger partial charge in [-0.1, -0.05) is 24.4 Å². The summed E-state index contributed by atoms with van der Waals surface area (Å²) in [7, 11) is 2.01. The zero-order chi connectivity index (χ0) is 14.5. The molecule has 0 amide bonds. The molecule has 1 heterocycles. The SMILES string of the molecule is CN(Cc1ccc(C(N)=S)cc1F)CC1CCCOC1. The van der Waals surface area contributed by atoms with E-state index in [1.807, 2.05) is 7.05 Å². The fourth-order valence-corrected chi connectivity index (χ4v) is 2.70. The Kier molecular flexibility index (Phi) is 5.46. The van der Waals surface area contributed by atoms with Gasteiger partial charge in [0.15, 0.2) is 0 Å². The molecule has 1 aromatic rings. The highest BCUT2D eigenvalue weighted by molar-refractivity contribution is 7.80. The van der Waals surface area contributed by atoms with E-state index in [0.29, 0.717) is 23.6 Å². The topological polar surface area (TPSA) is 38.5 Å². The zero-order valence-corrected chi connectivity index (χ0v) is 12.6. The standard InChI is InChI=1S/C15H21FN2OS/c1-18(8-11-3-2-6-19-10-11)9-13-5-4-12(15(17)20)7-14(13)16/h4-5,7,11H,2-3,6,8-10H2,1H3,(H2,17,20). The van der Waals surface area contributed by atoms with Gasteiger partial charge in [0.25, 0.3) is 0 Å². The third kappa shape index (κ3) is 4.23. The van der Waals surface area contributed by atoms with Crippen LogP contribution in [0.5, 0.6) is 0 Å². The Morgan fingerprint density at radius 1 is 1.55 bits per heavy atom. The molecule has 1 fully saturated rings. The van der Waals surface area contributed by atoms with Crippen LogP contribution in [0.4, 0.5) is 4.39 Å². The lowest BCUT2D eigenvalue weighted by Crippen LogP contribution is -2.30. The van der Waals surface area contributed by atoms with Crippen LogP contribution in [-0.2, 0) is 11.3 Å². The molecule has 0 aliphatic carbocycles. The van der Waals surface area contributed by atoms with Gasteiger partial charge in [0.1, 0.15) is 10.8 Å². The largest absolute Gasteiger partial charge is 0.389 e. The number of hydrogen-bond donors (Lipinski definition) is 1.